The number of aromatic nitrogens is 1. The van der Waals surface area contributed by atoms with Crippen molar-refractivity contribution in [3.05, 3.63) is 83.2 Å². The van der Waals surface area contributed by atoms with Gasteiger partial charge in [0.1, 0.15) is 11.8 Å². The second kappa shape index (κ2) is 7.49. The van der Waals surface area contributed by atoms with E-state index in [1.54, 1.807) is 42.6 Å². The van der Waals surface area contributed by atoms with Crippen molar-refractivity contribution >= 4 is 23.0 Å². The maximum atomic E-state index is 12.5. The van der Waals surface area contributed by atoms with E-state index in [-0.39, 0.29) is 11.6 Å². The number of carbonyl (C=O) groups is 1. The number of pyridine rings is 1. The van der Waals surface area contributed by atoms with Gasteiger partial charge in [0.15, 0.2) is 0 Å². The van der Waals surface area contributed by atoms with Gasteiger partial charge in [0.25, 0.3) is 5.91 Å². The molecule has 1 aromatic heterocycles. The van der Waals surface area contributed by atoms with Crippen molar-refractivity contribution in [1.29, 1.82) is 5.26 Å². The molecule has 0 aliphatic rings. The molecule has 0 aliphatic carbocycles. The zero-order chi connectivity index (χ0) is 18.5. The number of hydrogen-bond acceptors (Lipinski definition) is 4. The summed E-state index contributed by atoms with van der Waals surface area (Å²) in [7, 11) is 0. The van der Waals surface area contributed by atoms with Crippen molar-refractivity contribution < 1.29 is 4.79 Å². The minimum Gasteiger partial charge on any atom is -0.355 e. The predicted molar refractivity (Wildman–Crippen MR) is 103 cm³/mol. The minimum atomic E-state index is -0.364. The Hall–Kier alpha value is -3.65. The van der Waals surface area contributed by atoms with Crippen molar-refractivity contribution in [3.8, 4) is 6.07 Å². The molecule has 2 aromatic carbocycles. The normalized spacial score (nSPS) is 10.0. The van der Waals surface area contributed by atoms with Crippen LogP contribution in [0.3, 0.4) is 0 Å². The van der Waals surface area contributed by atoms with Gasteiger partial charge in [-0.15, -0.1) is 0 Å². The number of nitrogens with one attached hydrogen (secondary N) is 2. The van der Waals surface area contributed by atoms with Crippen LogP contribution in [-0.2, 0) is 0 Å². The first-order valence-corrected chi connectivity index (χ1v) is 8.17. The molecule has 0 bridgehead atoms. The van der Waals surface area contributed by atoms with E-state index in [9.17, 15) is 4.79 Å². The molecule has 0 fully saturated rings. The highest BCUT2D eigenvalue weighted by atomic mass is 16.1. The summed E-state index contributed by atoms with van der Waals surface area (Å²) in [5.41, 5.74) is 5.20. The molecule has 1 heterocycles. The zero-order valence-corrected chi connectivity index (χ0v) is 14.6. The molecular weight excluding hydrogens is 324 g/mol. The van der Waals surface area contributed by atoms with Gasteiger partial charge >= 0.3 is 0 Å². The Labute approximate surface area is 152 Å². The lowest BCUT2D eigenvalue weighted by Gasteiger charge is -2.11. The first-order chi connectivity index (χ1) is 12.6. The average molecular weight is 342 g/mol. The van der Waals surface area contributed by atoms with Crippen LogP contribution in [0.4, 0.5) is 17.1 Å². The van der Waals surface area contributed by atoms with Gasteiger partial charge in [-0.05, 0) is 49.7 Å². The number of hydrogen-bond donors (Lipinski definition) is 2. The molecule has 5 heteroatoms. The summed E-state index contributed by atoms with van der Waals surface area (Å²) in [6.45, 7) is 4.08. The molecule has 128 valence electrons. The smallest absolute Gasteiger partial charge is 0.274 e. The number of anilines is 3. The number of aryl methyl sites for hydroxylation is 2. The standard InChI is InChI=1S/C21H18N4O/c1-14-7-8-18(15(2)11-14)24-17-9-10-23-20(12-17)21(26)25-19-6-4-3-5-16(19)13-22/h3-12H,1-2H3,(H,23,24)(H,25,26). The molecule has 0 radical (unpaired) electrons. The maximum Gasteiger partial charge on any atom is 0.274 e. The monoisotopic (exact) mass is 342 g/mol. The summed E-state index contributed by atoms with van der Waals surface area (Å²) >= 11 is 0. The van der Waals surface area contributed by atoms with Crippen LogP contribution in [0.2, 0.25) is 0 Å². The summed E-state index contributed by atoms with van der Waals surface area (Å²) in [6, 6.07) is 18.5. The van der Waals surface area contributed by atoms with Gasteiger partial charge in [-0.1, -0.05) is 29.8 Å². The van der Waals surface area contributed by atoms with E-state index in [1.165, 1.54) is 5.56 Å². The molecule has 0 aliphatic heterocycles. The number of benzene rings is 2. The second-order valence-corrected chi connectivity index (χ2v) is 5.98. The Kier molecular flexibility index (Phi) is 4.95. The highest BCUT2D eigenvalue weighted by Gasteiger charge is 2.11. The topological polar surface area (TPSA) is 77.8 Å². The molecule has 0 atom stereocenters. The number of para-hydroxylation sites is 1. The van der Waals surface area contributed by atoms with Crippen LogP contribution in [0.5, 0.6) is 0 Å². The number of nitriles is 1. The van der Waals surface area contributed by atoms with Gasteiger partial charge in [0, 0.05) is 17.6 Å². The molecule has 0 unspecified atom stereocenters. The number of amides is 1. The lowest BCUT2D eigenvalue weighted by molar-refractivity contribution is 0.102. The Morgan fingerprint density at radius 3 is 2.62 bits per heavy atom. The maximum absolute atomic E-state index is 12.5. The second-order valence-electron chi connectivity index (χ2n) is 5.98. The quantitative estimate of drug-likeness (QED) is 0.728. The van der Waals surface area contributed by atoms with Crippen molar-refractivity contribution in [1.82, 2.24) is 4.98 Å². The molecule has 1 amide bonds. The molecule has 0 spiro atoms. The lowest BCUT2D eigenvalue weighted by atomic mass is 10.1. The summed E-state index contributed by atoms with van der Waals surface area (Å²) < 4.78 is 0. The summed E-state index contributed by atoms with van der Waals surface area (Å²) in [4.78, 5) is 16.6. The molecule has 2 N–H and O–H groups in total. The van der Waals surface area contributed by atoms with Crippen molar-refractivity contribution in [2.45, 2.75) is 13.8 Å². The van der Waals surface area contributed by atoms with E-state index < -0.39 is 0 Å². The van der Waals surface area contributed by atoms with E-state index in [1.807, 2.05) is 26.0 Å². The van der Waals surface area contributed by atoms with Crippen molar-refractivity contribution in [3.63, 3.8) is 0 Å². The zero-order valence-electron chi connectivity index (χ0n) is 14.6. The summed E-state index contributed by atoms with van der Waals surface area (Å²) in [6.07, 6.45) is 1.58. The van der Waals surface area contributed by atoms with Crippen LogP contribution in [0.25, 0.3) is 0 Å². The molecule has 5 nitrogen and oxygen atoms in total. The van der Waals surface area contributed by atoms with E-state index in [4.69, 9.17) is 5.26 Å². The highest BCUT2D eigenvalue weighted by Crippen LogP contribution is 2.22. The van der Waals surface area contributed by atoms with Gasteiger partial charge in [0.05, 0.1) is 11.3 Å². The molecule has 3 rings (SSSR count). The SMILES string of the molecule is Cc1ccc(Nc2ccnc(C(=O)Nc3ccccc3C#N)c2)c(C)c1. The van der Waals surface area contributed by atoms with E-state index in [0.29, 0.717) is 11.3 Å². The molecule has 26 heavy (non-hydrogen) atoms. The van der Waals surface area contributed by atoms with Crippen molar-refractivity contribution in [2.24, 2.45) is 0 Å². The Balaban J connectivity index is 1.80. The number of nitrogens with zero attached hydrogens (tertiary/aromatic N) is 2. The van der Waals surface area contributed by atoms with Gasteiger partial charge in [-0.25, -0.2) is 0 Å². The largest absolute Gasteiger partial charge is 0.355 e. The molecular formula is C21H18N4O. The highest BCUT2D eigenvalue weighted by molar-refractivity contribution is 6.04. The van der Waals surface area contributed by atoms with Gasteiger partial charge in [-0.3, -0.25) is 9.78 Å². The average Bonchev–Trinajstić information content (AvgIpc) is 2.65. The predicted octanol–water partition coefficient (Wildman–Crippen LogP) is 4.57. The van der Waals surface area contributed by atoms with Crippen LogP contribution in [0.1, 0.15) is 27.2 Å². The van der Waals surface area contributed by atoms with Gasteiger partial charge in [-0.2, -0.15) is 5.26 Å². The summed E-state index contributed by atoms with van der Waals surface area (Å²) in [5, 5.41) is 15.2. The van der Waals surface area contributed by atoms with Crippen LogP contribution < -0.4 is 10.6 Å². The molecule has 0 saturated heterocycles. The third kappa shape index (κ3) is 3.87. The summed E-state index contributed by atoms with van der Waals surface area (Å²) in [5.74, 6) is -0.364. The van der Waals surface area contributed by atoms with E-state index >= 15 is 0 Å². The Morgan fingerprint density at radius 2 is 1.85 bits per heavy atom. The van der Waals surface area contributed by atoms with Crippen molar-refractivity contribution in [2.75, 3.05) is 10.6 Å². The third-order valence-electron chi connectivity index (χ3n) is 3.95. The van der Waals surface area contributed by atoms with E-state index in [0.717, 1.165) is 16.9 Å². The Bertz CT molecular complexity index is 1000. The Morgan fingerprint density at radius 1 is 1.04 bits per heavy atom. The third-order valence-corrected chi connectivity index (χ3v) is 3.95. The minimum absolute atomic E-state index is 0.271. The van der Waals surface area contributed by atoms with Crippen LogP contribution in [-0.4, -0.2) is 10.9 Å². The fourth-order valence-corrected chi connectivity index (χ4v) is 2.62. The lowest BCUT2D eigenvalue weighted by Crippen LogP contribution is -2.14. The van der Waals surface area contributed by atoms with Gasteiger partial charge in [0.2, 0.25) is 0 Å². The van der Waals surface area contributed by atoms with Crippen LogP contribution in [0, 0.1) is 25.2 Å². The number of rotatable bonds is 4. The first-order valence-electron chi connectivity index (χ1n) is 8.17. The van der Waals surface area contributed by atoms with Crippen LogP contribution >= 0.6 is 0 Å². The molecule has 0 saturated carbocycles. The molecule has 3 aromatic rings. The fourth-order valence-electron chi connectivity index (χ4n) is 2.62. The fraction of sp³-hybridized carbons (Fsp3) is 0.0952. The van der Waals surface area contributed by atoms with Gasteiger partial charge < -0.3 is 10.6 Å². The van der Waals surface area contributed by atoms with Crippen LogP contribution in [0.15, 0.2) is 60.8 Å². The number of carbonyl (C=O) groups excluding carboxylic acids is 1. The van der Waals surface area contributed by atoms with E-state index in [2.05, 4.69) is 27.8 Å². The first kappa shape index (κ1) is 17.2.